The molecule has 6 aliphatic heterocycles. The first-order valence-corrected chi connectivity index (χ1v) is 75.9. The third-order valence-electron chi connectivity index (χ3n) is 11.8. The third kappa shape index (κ3) is 44.5. The van der Waals surface area contributed by atoms with E-state index in [4.69, 9.17) is 49.9 Å². The van der Waals surface area contributed by atoms with Crippen molar-refractivity contribution in [3.63, 3.8) is 0 Å². The number of ether oxygens (including phenoxy) is 2. The minimum absolute atomic E-state index is 0. The molecule has 562 valence electrons. The van der Waals surface area contributed by atoms with E-state index in [1.54, 1.807) is 131 Å². The fourth-order valence-electron chi connectivity index (χ4n) is 8.72. The van der Waals surface area contributed by atoms with Gasteiger partial charge in [-0.15, -0.1) is 6.42 Å². The second kappa shape index (κ2) is 59.3. The van der Waals surface area contributed by atoms with Crippen molar-refractivity contribution in [1.82, 2.24) is 50.3 Å². The maximum Gasteiger partial charge on any atom is 0.410 e. The largest absolute Gasteiger partial charge is 0.444 e. The Bertz CT molecular complexity index is 4710. The van der Waals surface area contributed by atoms with Crippen LogP contribution in [0.15, 0.2) is 37.2 Å². The molecular weight excluding hydrogens is 2200 g/mol. The monoisotopic (exact) mass is 2270 g/mol. The average Bonchev–Trinajstić information content (AvgIpc) is 1.67. The van der Waals surface area contributed by atoms with Crippen molar-refractivity contribution in [3.8, 4) is 12.3 Å². The third-order valence-corrected chi connectivity index (χ3v) is 86.4. The van der Waals surface area contributed by atoms with Crippen molar-refractivity contribution >= 4 is 405 Å². The van der Waals surface area contributed by atoms with Crippen LogP contribution in [0.25, 0.3) is 0 Å². The summed E-state index contributed by atoms with van der Waals surface area (Å²) < 4.78 is 13.0. The lowest BCUT2D eigenvalue weighted by Gasteiger charge is -2.41. The molecule has 6 atom stereocenters. The maximum absolute atomic E-state index is 12.4. The number of halogens is 3. The summed E-state index contributed by atoms with van der Waals surface area (Å²) in [5.74, 6) is 4.09. The van der Waals surface area contributed by atoms with Crippen LogP contribution in [0.2, 0.25) is 5.28 Å². The van der Waals surface area contributed by atoms with Gasteiger partial charge in [-0.05, 0) is 137 Å². The average molecular weight is 2270 g/mol. The number of rotatable bonds is 2. The molecule has 6 saturated heterocycles. The maximum atomic E-state index is 12.4. The van der Waals surface area contributed by atoms with Gasteiger partial charge < -0.3 is 29.9 Å². The molecule has 6 bridgehead atoms. The first-order valence-electron chi connectivity index (χ1n) is 26.7. The molecule has 6 fully saturated rings. The van der Waals surface area contributed by atoms with Crippen LogP contribution in [-0.2, 0) is 334 Å². The Balaban J connectivity index is 0.000000344. The number of fused-ring (bicyclic) bond motifs is 6. The van der Waals surface area contributed by atoms with Gasteiger partial charge in [0, 0.05) is 432 Å². The van der Waals surface area contributed by atoms with Crippen molar-refractivity contribution in [1.29, 1.82) is 0 Å². The van der Waals surface area contributed by atoms with Gasteiger partial charge in [-0.2, -0.15) is 0 Å². The lowest BCUT2D eigenvalue weighted by molar-refractivity contribution is 0.00972. The number of amides is 2. The van der Waals surface area contributed by atoms with Gasteiger partial charge in [-0.1, -0.05) is 20.8 Å². The number of carbonyl (C=O) groups is 2. The topological polar surface area (TPSA) is 167 Å². The molecule has 2 N–H and O–H groups in total. The van der Waals surface area contributed by atoms with Gasteiger partial charge in [0.2, 0.25) is 17.2 Å². The number of hydrogen-bond acceptors (Lipinski definition) is 16. The molecule has 6 aliphatic rings. The molecule has 0 radical (unpaired) electrons. The number of hydrogen-bond donors (Lipinski definition) is 2. The molecule has 0 spiro atoms. The van der Waals surface area contributed by atoms with Crippen molar-refractivity contribution < 1.29 is 19.1 Å². The number of piperazine rings is 3. The highest BCUT2D eigenvalue weighted by molar-refractivity contribution is 14.1. The molecule has 99 heavy (non-hydrogen) atoms. The van der Waals surface area contributed by atoms with Crippen LogP contribution in [0.3, 0.4) is 0 Å². The van der Waals surface area contributed by atoms with Crippen LogP contribution in [0.4, 0.5) is 21.5 Å². The van der Waals surface area contributed by atoms with Gasteiger partial charge in [0.15, 0.2) is 0 Å². The van der Waals surface area contributed by atoms with E-state index in [0.29, 0.717) is 29.5 Å². The molecule has 3 aromatic heterocycles. The van der Waals surface area contributed by atoms with Crippen LogP contribution < -0.4 is 20.4 Å². The lowest BCUT2D eigenvalue weighted by Crippen LogP contribution is -2.57. The highest BCUT2D eigenvalue weighted by Gasteiger charge is 2.45. The highest BCUT2D eigenvalue weighted by atomic mass is 127. The van der Waals surface area contributed by atoms with Gasteiger partial charge in [-0.25, -0.2) is 39.5 Å². The summed E-state index contributed by atoms with van der Waals surface area (Å²) in [5, 5.41) is 7.22. The first kappa shape index (κ1) is 97.7. The normalized spacial score (nSPS) is 18.1. The summed E-state index contributed by atoms with van der Waals surface area (Å²) in [6, 6.07) is 2.29. The van der Waals surface area contributed by atoms with E-state index in [9.17, 15) is 9.59 Å². The predicted molar refractivity (Wildman–Crippen MR) is 530 cm³/mol. The number of aromatic nitrogens is 6. The van der Waals surface area contributed by atoms with Crippen LogP contribution >= 0.6 is 56.8 Å². The molecule has 9 heterocycles. The lowest BCUT2D eigenvalue weighted by atomic mass is 10.2. The Morgan fingerprint density at radius 1 is 0.465 bits per heavy atom. The zero-order chi connectivity index (χ0) is 69.9. The van der Waals surface area contributed by atoms with E-state index in [1.807, 2.05) is 241 Å². The molecule has 2 amide bonds. The molecular formula is C44H65ClI2N12O4S36. The Morgan fingerprint density at radius 2 is 0.737 bits per heavy atom. The van der Waals surface area contributed by atoms with Crippen LogP contribution in [-0.4, -0.2) is 139 Å². The van der Waals surface area contributed by atoms with E-state index >= 15 is 0 Å². The van der Waals surface area contributed by atoms with E-state index in [0.717, 1.165) is 89.6 Å². The van der Waals surface area contributed by atoms with Crippen molar-refractivity contribution in [2.75, 3.05) is 49.1 Å². The van der Waals surface area contributed by atoms with E-state index in [-0.39, 0.29) is 44.7 Å². The smallest absolute Gasteiger partial charge is 0.410 e. The Hall–Kier alpha value is 4.53. The quantitative estimate of drug-likeness (QED) is 0.149. The molecule has 55 heteroatoms. The number of nitrogens with one attached hydrogen (secondary N) is 2. The summed E-state index contributed by atoms with van der Waals surface area (Å²) in [6.45, 7) is 16.8. The van der Waals surface area contributed by atoms with Crippen LogP contribution in [0, 0.1) is 19.5 Å². The SMILES string of the molecule is C.C.C#Cc1cnc(N2CC3CCC(C2)N3)nc1.CC(C)(C)OC(=O)N1C2CCC1CN(c1ncc(I)cn1)C2.CC(C)(C)OC(=O)N1C2CCC1CNC2.Clc1ncc(I)cn1.S=S=S=S=S=S=S=S=S=S=S=S=S=S=S=S=S=S=S=S=S=S=S=S=S=S=S=S=S=S=S=S=S=S=S=S. The molecule has 0 aliphatic carbocycles. The number of carbonyl (C=O) groups excluding carboxylic acids is 2. The predicted octanol–water partition coefficient (Wildman–Crippen LogP) is 7.35. The fourth-order valence-corrected chi connectivity index (χ4v) is 97.2. The zero-order valence-electron chi connectivity index (χ0n) is 50.4. The number of terminal acetylenes is 1. The Labute approximate surface area is 719 Å². The number of nitrogens with zero attached hydrogens (tertiary/aromatic N) is 10. The first-order chi connectivity index (χ1) is 46.9. The van der Waals surface area contributed by atoms with Crippen molar-refractivity contribution in [3.05, 3.63) is 55.2 Å². The van der Waals surface area contributed by atoms with Crippen LogP contribution in [0.5, 0.6) is 0 Å². The van der Waals surface area contributed by atoms with Crippen LogP contribution in [0.1, 0.15) is 100 Å². The van der Waals surface area contributed by atoms with Crippen molar-refractivity contribution in [2.24, 2.45) is 0 Å². The van der Waals surface area contributed by atoms with Gasteiger partial charge in [0.05, 0.1) is 17.6 Å². The molecule has 0 aromatic carbocycles. The minimum atomic E-state index is -0.452. The van der Waals surface area contributed by atoms with Gasteiger partial charge in [0.1, 0.15) is 11.2 Å². The fraction of sp³-hybridized carbons (Fsp3) is 0.636. The standard InChI is InChI=1S/C15H21IN4O2.C12H14N4.C11H20N2O2.C4H2ClIN2.2CH4.S36/c1-15(2,3)22-14(21)20-11-4-5-12(20)9-19(8-11)13-17-6-10(16)7-18-13;1-2-9-5-13-12(14-6-9)16-7-10-3-4-11(8-16)15-10;1-11(2,3)15-10(14)13-8-4-5-9(13)7-12-6-8;5-4-7-1-3(6)2-8-4;;;1-3-5-7-9-11-13-15-17-19-21-23-25-27-29-31-33-35-36-34-32-30-28-26-24-22-20-18-16-14-12-10-8-6-4-2/h6-7,11-12H,4-5,8-9H2,1-3H3;1,5-6,10-11,15H,3-4,7-8H2;8-9,12H,4-7H2,1-3H3;1-2H;2*1H4;. The van der Waals surface area contributed by atoms with Gasteiger partial charge >= 0.3 is 12.2 Å². The molecule has 0 saturated carbocycles. The Morgan fingerprint density at radius 3 is 1.03 bits per heavy atom. The van der Waals surface area contributed by atoms with Crippen molar-refractivity contribution in [2.45, 2.75) is 142 Å². The van der Waals surface area contributed by atoms with Gasteiger partial charge in [-0.3, -0.25) is 9.80 Å². The van der Waals surface area contributed by atoms with Gasteiger partial charge in [0.25, 0.3) is 0 Å². The summed E-state index contributed by atoms with van der Waals surface area (Å²) in [6.07, 6.45) is 22.1. The highest BCUT2D eigenvalue weighted by Crippen LogP contribution is 2.33. The Kier molecular flexibility index (Phi) is 58.5. The van der Waals surface area contributed by atoms with E-state index in [2.05, 4.69) is 101 Å². The number of anilines is 2. The zero-order valence-corrected chi connectivity index (χ0v) is 84.9. The second-order valence-corrected chi connectivity index (χ2v) is 83.2. The summed E-state index contributed by atoms with van der Waals surface area (Å²) in [7, 11) is 60.1. The van der Waals surface area contributed by atoms with E-state index in [1.165, 1.54) is 30.6 Å². The minimum Gasteiger partial charge on any atom is -0.444 e. The molecule has 16 nitrogen and oxygen atoms in total. The van der Waals surface area contributed by atoms with E-state index < -0.39 is 5.60 Å². The summed E-state index contributed by atoms with van der Waals surface area (Å²) in [4.78, 5) is 57.5. The second-order valence-electron chi connectivity index (χ2n) is 20.3. The molecule has 3 aromatic rings. The summed E-state index contributed by atoms with van der Waals surface area (Å²) >= 11 is 19.3. The molecule has 9 rings (SSSR count). The molecule has 6 unspecified atom stereocenters. The summed E-state index contributed by atoms with van der Waals surface area (Å²) in [5.41, 5.74) is -0.101.